The Hall–Kier alpha value is -4.15. The Morgan fingerprint density at radius 2 is 1.52 bits per heavy atom. The predicted octanol–water partition coefficient (Wildman–Crippen LogP) is 12.4. The molecule has 0 amide bonds. The third-order valence-electron chi connectivity index (χ3n) is 10.3. The van der Waals surface area contributed by atoms with Gasteiger partial charge in [0.2, 0.25) is 0 Å². The van der Waals surface area contributed by atoms with Gasteiger partial charge in [-0.2, -0.15) is 0 Å². The summed E-state index contributed by atoms with van der Waals surface area (Å²) in [6, 6.07) is 40.2. The fourth-order valence-electron chi connectivity index (χ4n) is 7.61. The van der Waals surface area contributed by atoms with Crippen LogP contribution in [-0.4, -0.2) is 18.0 Å². The number of aryl methyl sites for hydroxylation is 1. The second-order valence-corrected chi connectivity index (χ2v) is 20.5. The van der Waals surface area contributed by atoms with Gasteiger partial charge in [-0.3, -0.25) is 0 Å². The summed E-state index contributed by atoms with van der Waals surface area (Å²) in [5.74, 6) is 1.32. The van der Waals surface area contributed by atoms with Gasteiger partial charge in [-0.05, 0) is 76.1 Å². The molecule has 0 spiro atoms. The molecule has 1 aliphatic carbocycles. The zero-order valence-electron chi connectivity index (χ0n) is 31.2. The number of pyridine rings is 2. The number of aromatic nitrogens is 2. The van der Waals surface area contributed by atoms with Gasteiger partial charge in [-0.15, -0.1) is 54.1 Å². The zero-order valence-corrected chi connectivity index (χ0v) is 34.6. The Bertz CT molecular complexity index is 2270. The van der Waals surface area contributed by atoms with Gasteiger partial charge >= 0.3 is 0 Å². The first-order chi connectivity index (χ1) is 24.7. The van der Waals surface area contributed by atoms with Crippen molar-refractivity contribution in [2.24, 2.45) is 5.92 Å². The Morgan fingerprint density at radius 1 is 0.769 bits per heavy atom. The maximum absolute atomic E-state index is 6.29. The molecule has 52 heavy (non-hydrogen) atoms. The molecule has 8 rings (SSSR count). The van der Waals surface area contributed by atoms with Crippen LogP contribution >= 0.6 is 0 Å². The summed E-state index contributed by atoms with van der Waals surface area (Å²) in [6.07, 6.45) is 11.0. The van der Waals surface area contributed by atoms with E-state index in [9.17, 15) is 0 Å². The summed E-state index contributed by atoms with van der Waals surface area (Å²) in [5.41, 5.74) is 12.2. The fraction of sp³-hybridized carbons (Fsp3) is 0.277. The first-order valence-electron chi connectivity index (χ1n) is 18.5. The fourth-order valence-corrected chi connectivity index (χ4v) is 9.20. The zero-order chi connectivity index (χ0) is 35.5. The number of rotatable bonds is 7. The molecule has 1 saturated carbocycles. The molecular formula is C47H48IrN2OSi-2. The molecule has 4 aromatic carbocycles. The SMILES string of the molecule is C[Si](C)(C)c1cnc(-c2[c-]cccc2)cc1CC1CCCC1.Cc1cnc(-c2[c-]ccc3c2oc2ccc(-c4ccccc4)cc23)cc1C(C)C.[Ir]. The Kier molecular flexibility index (Phi) is 11.7. The number of hydrogen-bond donors (Lipinski definition) is 0. The van der Waals surface area contributed by atoms with E-state index in [1.165, 1.54) is 54.4 Å². The molecule has 0 aliphatic heterocycles. The first kappa shape index (κ1) is 37.6. The minimum atomic E-state index is -1.35. The number of furan rings is 1. The van der Waals surface area contributed by atoms with Crippen molar-refractivity contribution in [2.75, 3.05) is 0 Å². The normalized spacial score (nSPS) is 13.3. The van der Waals surface area contributed by atoms with Crippen molar-refractivity contribution in [3.8, 4) is 33.6 Å². The standard InChI is InChI=1S/C27H22NO.C20H26NSi.Ir/c1-17(2)23-15-25(28-16-18(23)3)22-11-7-10-21-24-14-20(19-8-5-4-6-9-19)12-13-26(24)29-27(21)22;1-22(2,3)20-15-21-19(17-11-5-4-6-12-17)14-18(20)13-16-9-7-8-10-16;/h4-10,12-17H,1-3H3;4-6,11,14-16H,7-10,13H2,1-3H3;/q2*-1;. The van der Waals surface area contributed by atoms with E-state index in [4.69, 9.17) is 9.40 Å². The maximum atomic E-state index is 6.29. The van der Waals surface area contributed by atoms with Crippen LogP contribution in [0.3, 0.4) is 0 Å². The first-order valence-corrected chi connectivity index (χ1v) is 22.0. The minimum Gasteiger partial charge on any atom is -0.501 e. The van der Waals surface area contributed by atoms with Crippen LogP contribution in [0.1, 0.15) is 62.1 Å². The molecule has 0 bridgehead atoms. The second kappa shape index (κ2) is 16.2. The second-order valence-electron chi connectivity index (χ2n) is 15.5. The minimum absolute atomic E-state index is 0. The Morgan fingerprint density at radius 3 is 2.23 bits per heavy atom. The number of nitrogens with zero attached hydrogens (tertiary/aromatic N) is 2. The van der Waals surface area contributed by atoms with E-state index in [1.807, 2.05) is 30.5 Å². The Balaban J connectivity index is 0.000000182. The summed E-state index contributed by atoms with van der Waals surface area (Å²) in [7, 11) is -1.35. The van der Waals surface area contributed by atoms with Crippen molar-refractivity contribution in [1.82, 2.24) is 9.97 Å². The van der Waals surface area contributed by atoms with Gasteiger partial charge < -0.3 is 14.4 Å². The van der Waals surface area contributed by atoms with Gasteiger partial charge in [0.1, 0.15) is 5.58 Å². The van der Waals surface area contributed by atoms with Crippen LogP contribution in [0.15, 0.2) is 114 Å². The van der Waals surface area contributed by atoms with Crippen LogP contribution in [-0.2, 0) is 26.5 Å². The predicted molar refractivity (Wildman–Crippen MR) is 217 cm³/mol. The van der Waals surface area contributed by atoms with E-state index in [-0.39, 0.29) is 20.1 Å². The van der Waals surface area contributed by atoms with Crippen LogP contribution in [0, 0.1) is 25.0 Å². The van der Waals surface area contributed by atoms with E-state index >= 15 is 0 Å². The molecule has 5 heteroatoms. The summed E-state index contributed by atoms with van der Waals surface area (Å²) >= 11 is 0. The average Bonchev–Trinajstić information content (AvgIpc) is 3.80. The van der Waals surface area contributed by atoms with Crippen molar-refractivity contribution in [3.63, 3.8) is 0 Å². The van der Waals surface area contributed by atoms with Crippen LogP contribution in [0.5, 0.6) is 0 Å². The molecule has 0 unspecified atom stereocenters. The molecule has 0 atom stereocenters. The van der Waals surface area contributed by atoms with E-state index in [2.05, 4.69) is 137 Å². The molecular weight excluding hydrogens is 829 g/mol. The number of hydrogen-bond acceptors (Lipinski definition) is 3. The van der Waals surface area contributed by atoms with Crippen LogP contribution in [0.25, 0.3) is 55.6 Å². The topological polar surface area (TPSA) is 38.9 Å². The van der Waals surface area contributed by atoms with Crippen molar-refractivity contribution in [3.05, 3.63) is 138 Å². The largest absolute Gasteiger partial charge is 0.501 e. The van der Waals surface area contributed by atoms with Crippen molar-refractivity contribution in [2.45, 2.75) is 78.4 Å². The number of fused-ring (bicyclic) bond motifs is 3. The molecule has 3 aromatic heterocycles. The van der Waals surface area contributed by atoms with Crippen molar-refractivity contribution < 1.29 is 24.5 Å². The Labute approximate surface area is 324 Å². The smallest absolute Gasteiger partial charge is 0.120 e. The van der Waals surface area contributed by atoms with Crippen LogP contribution < -0.4 is 5.19 Å². The third-order valence-corrected chi connectivity index (χ3v) is 12.4. The molecule has 0 N–H and O–H groups in total. The monoisotopic (exact) mass is 877 g/mol. The van der Waals surface area contributed by atoms with Gasteiger partial charge in [0.25, 0.3) is 0 Å². The number of benzene rings is 4. The molecule has 7 aromatic rings. The van der Waals surface area contributed by atoms with E-state index in [0.29, 0.717) is 5.92 Å². The van der Waals surface area contributed by atoms with Crippen LogP contribution in [0.4, 0.5) is 0 Å². The van der Waals surface area contributed by atoms with Gasteiger partial charge in [-0.25, -0.2) is 0 Å². The van der Waals surface area contributed by atoms with Crippen LogP contribution in [0.2, 0.25) is 19.6 Å². The molecule has 267 valence electrons. The maximum Gasteiger partial charge on any atom is 0.120 e. The van der Waals surface area contributed by atoms with Gasteiger partial charge in [-0.1, -0.05) is 124 Å². The summed E-state index contributed by atoms with van der Waals surface area (Å²) in [6.45, 7) is 13.8. The van der Waals surface area contributed by atoms with Crippen molar-refractivity contribution in [1.29, 1.82) is 0 Å². The van der Waals surface area contributed by atoms with Crippen molar-refractivity contribution >= 4 is 35.2 Å². The molecule has 1 fully saturated rings. The summed E-state index contributed by atoms with van der Waals surface area (Å²) in [4.78, 5) is 9.44. The molecule has 1 aliphatic rings. The van der Waals surface area contributed by atoms with E-state index in [0.717, 1.165) is 50.4 Å². The van der Waals surface area contributed by atoms with Gasteiger partial charge in [0.15, 0.2) is 0 Å². The van der Waals surface area contributed by atoms with Gasteiger partial charge in [0.05, 0.1) is 13.7 Å². The summed E-state index contributed by atoms with van der Waals surface area (Å²) < 4.78 is 6.29. The molecule has 3 nitrogen and oxygen atoms in total. The average molecular weight is 877 g/mol. The van der Waals surface area contributed by atoms with E-state index < -0.39 is 8.07 Å². The quantitative estimate of drug-likeness (QED) is 0.118. The molecule has 0 saturated heterocycles. The van der Waals surface area contributed by atoms with E-state index in [1.54, 1.807) is 10.8 Å². The molecule has 3 heterocycles. The van der Waals surface area contributed by atoms with Gasteiger partial charge in [0, 0.05) is 37.9 Å². The summed E-state index contributed by atoms with van der Waals surface area (Å²) in [5, 5.41) is 3.76. The molecule has 1 radical (unpaired) electrons. The third kappa shape index (κ3) is 8.23.